The number of alkyl halides is 3. The van der Waals surface area contributed by atoms with Crippen LogP contribution in [0.4, 0.5) is 18.9 Å². The molecule has 1 rings (SSSR count). The third kappa shape index (κ3) is 4.17. The number of hydrogen-bond donors (Lipinski definition) is 2. The smallest absolute Gasteiger partial charge is 0.383 e. The van der Waals surface area contributed by atoms with Gasteiger partial charge in [0.1, 0.15) is 6.07 Å². The average molecular weight is 271 g/mol. The van der Waals surface area contributed by atoms with Crippen molar-refractivity contribution in [2.24, 2.45) is 0 Å². The Labute approximate surface area is 108 Å². The summed E-state index contributed by atoms with van der Waals surface area (Å²) in [4.78, 5) is 11.0. The van der Waals surface area contributed by atoms with E-state index in [1.165, 1.54) is 13.1 Å². The van der Waals surface area contributed by atoms with Gasteiger partial charge < -0.3 is 10.6 Å². The Morgan fingerprint density at radius 3 is 2.63 bits per heavy atom. The zero-order chi connectivity index (χ0) is 14.5. The number of carbonyl (C=O) groups excluding carboxylic acids is 1. The lowest BCUT2D eigenvalue weighted by molar-refractivity contribution is -0.137. The third-order valence-corrected chi connectivity index (χ3v) is 2.41. The summed E-state index contributed by atoms with van der Waals surface area (Å²) in [5.74, 6) is -0.196. The van der Waals surface area contributed by atoms with E-state index in [0.29, 0.717) is 0 Å². The predicted octanol–water partition coefficient (Wildman–Crippen LogP) is 2.13. The van der Waals surface area contributed by atoms with E-state index in [1.54, 1.807) is 6.07 Å². The number of nitrogens with one attached hydrogen (secondary N) is 2. The number of anilines is 1. The van der Waals surface area contributed by atoms with Crippen LogP contribution in [0.1, 0.15) is 17.5 Å². The number of halogens is 3. The Morgan fingerprint density at radius 1 is 1.42 bits per heavy atom. The highest BCUT2D eigenvalue weighted by Gasteiger charge is 2.31. The second-order valence-corrected chi connectivity index (χ2v) is 3.72. The molecular weight excluding hydrogens is 259 g/mol. The number of carbonyl (C=O) groups is 1. The van der Waals surface area contributed by atoms with Crippen LogP contribution in [-0.4, -0.2) is 19.5 Å². The van der Waals surface area contributed by atoms with Gasteiger partial charge in [0.25, 0.3) is 0 Å². The van der Waals surface area contributed by atoms with Crippen LogP contribution in [0, 0.1) is 11.3 Å². The molecule has 4 nitrogen and oxygen atoms in total. The van der Waals surface area contributed by atoms with Crippen LogP contribution < -0.4 is 10.6 Å². The first kappa shape index (κ1) is 14.8. The first-order valence-electron chi connectivity index (χ1n) is 5.44. The maximum atomic E-state index is 12.5. The SMILES string of the molecule is CNC(=O)CCNc1ccc(C(F)(F)F)cc1C#N. The maximum absolute atomic E-state index is 12.5. The number of hydrogen-bond acceptors (Lipinski definition) is 3. The van der Waals surface area contributed by atoms with Crippen molar-refractivity contribution in [3.05, 3.63) is 29.3 Å². The lowest BCUT2D eigenvalue weighted by atomic mass is 10.1. The molecule has 0 radical (unpaired) electrons. The van der Waals surface area contributed by atoms with E-state index in [-0.39, 0.29) is 30.1 Å². The van der Waals surface area contributed by atoms with Crippen molar-refractivity contribution in [2.45, 2.75) is 12.6 Å². The van der Waals surface area contributed by atoms with Crippen molar-refractivity contribution in [3.8, 4) is 6.07 Å². The molecule has 1 amide bonds. The summed E-state index contributed by atoms with van der Waals surface area (Å²) in [5.41, 5.74) is -0.702. The molecule has 0 fully saturated rings. The molecule has 19 heavy (non-hydrogen) atoms. The summed E-state index contributed by atoms with van der Waals surface area (Å²) < 4.78 is 37.4. The summed E-state index contributed by atoms with van der Waals surface area (Å²) in [6.45, 7) is 0.236. The number of amides is 1. The van der Waals surface area contributed by atoms with E-state index in [2.05, 4.69) is 10.6 Å². The average Bonchev–Trinajstić information content (AvgIpc) is 2.37. The lowest BCUT2D eigenvalue weighted by Crippen LogP contribution is -2.21. The third-order valence-electron chi connectivity index (χ3n) is 2.41. The Hall–Kier alpha value is -2.23. The van der Waals surface area contributed by atoms with Gasteiger partial charge in [-0.05, 0) is 18.2 Å². The van der Waals surface area contributed by atoms with Crippen LogP contribution >= 0.6 is 0 Å². The summed E-state index contributed by atoms with van der Waals surface area (Å²) in [5, 5.41) is 14.0. The van der Waals surface area contributed by atoms with Crippen molar-refractivity contribution in [2.75, 3.05) is 18.9 Å². The molecule has 7 heteroatoms. The van der Waals surface area contributed by atoms with E-state index >= 15 is 0 Å². The molecule has 0 spiro atoms. The Bertz CT molecular complexity index is 506. The van der Waals surface area contributed by atoms with Crippen LogP contribution in [0.2, 0.25) is 0 Å². The quantitative estimate of drug-likeness (QED) is 0.881. The Kier molecular flexibility index (Phi) is 4.75. The van der Waals surface area contributed by atoms with E-state index in [9.17, 15) is 18.0 Å². The van der Waals surface area contributed by atoms with Gasteiger partial charge in [-0.3, -0.25) is 4.79 Å². The van der Waals surface area contributed by atoms with Gasteiger partial charge in [-0.25, -0.2) is 0 Å². The topological polar surface area (TPSA) is 64.9 Å². The summed E-state index contributed by atoms with van der Waals surface area (Å²) in [6.07, 6.45) is -4.31. The van der Waals surface area contributed by atoms with Crippen LogP contribution in [0.5, 0.6) is 0 Å². The molecule has 0 aliphatic heterocycles. The van der Waals surface area contributed by atoms with Crippen molar-refractivity contribution in [1.29, 1.82) is 5.26 Å². The van der Waals surface area contributed by atoms with Crippen molar-refractivity contribution in [1.82, 2.24) is 5.32 Å². The van der Waals surface area contributed by atoms with Crippen LogP contribution in [0.25, 0.3) is 0 Å². The Morgan fingerprint density at radius 2 is 2.11 bits per heavy atom. The second kappa shape index (κ2) is 6.09. The standard InChI is InChI=1S/C12H12F3N3O/c1-17-11(19)4-5-18-10-3-2-9(12(13,14)15)6-8(10)7-16/h2-3,6,18H,4-5H2,1H3,(H,17,19). The number of nitrogens with zero attached hydrogens (tertiary/aromatic N) is 1. The minimum atomic E-state index is -4.48. The highest BCUT2D eigenvalue weighted by atomic mass is 19.4. The van der Waals surface area contributed by atoms with Gasteiger partial charge in [-0.2, -0.15) is 18.4 Å². The second-order valence-electron chi connectivity index (χ2n) is 3.72. The van der Waals surface area contributed by atoms with Gasteiger partial charge in [0, 0.05) is 20.0 Å². The molecule has 0 saturated carbocycles. The van der Waals surface area contributed by atoms with Crippen LogP contribution in [0.3, 0.4) is 0 Å². The number of rotatable bonds is 4. The Balaban J connectivity index is 2.80. The van der Waals surface area contributed by atoms with Gasteiger partial charge >= 0.3 is 6.18 Å². The molecular formula is C12H12F3N3O. The molecule has 1 aromatic rings. The molecule has 0 aliphatic carbocycles. The summed E-state index contributed by atoms with van der Waals surface area (Å²) in [6, 6.07) is 4.55. The fourth-order valence-electron chi connectivity index (χ4n) is 1.40. The van der Waals surface area contributed by atoms with Crippen LogP contribution in [0.15, 0.2) is 18.2 Å². The zero-order valence-corrected chi connectivity index (χ0v) is 10.1. The van der Waals surface area contributed by atoms with Gasteiger partial charge in [0.05, 0.1) is 16.8 Å². The molecule has 0 aliphatic rings. The fraction of sp³-hybridized carbons (Fsp3) is 0.333. The monoisotopic (exact) mass is 271 g/mol. The normalized spacial score (nSPS) is 10.7. The van der Waals surface area contributed by atoms with Crippen molar-refractivity contribution < 1.29 is 18.0 Å². The number of benzene rings is 1. The predicted molar refractivity (Wildman–Crippen MR) is 63.3 cm³/mol. The first-order chi connectivity index (χ1) is 8.88. The lowest BCUT2D eigenvalue weighted by Gasteiger charge is -2.11. The van der Waals surface area contributed by atoms with E-state index in [0.717, 1.165) is 12.1 Å². The molecule has 0 saturated heterocycles. The van der Waals surface area contributed by atoms with Gasteiger partial charge in [0.15, 0.2) is 0 Å². The minimum Gasteiger partial charge on any atom is -0.383 e. The molecule has 0 unspecified atom stereocenters. The maximum Gasteiger partial charge on any atom is 0.416 e. The van der Waals surface area contributed by atoms with Gasteiger partial charge in [-0.1, -0.05) is 0 Å². The first-order valence-corrected chi connectivity index (χ1v) is 5.44. The van der Waals surface area contributed by atoms with Crippen LogP contribution in [-0.2, 0) is 11.0 Å². The molecule has 0 aromatic heterocycles. The largest absolute Gasteiger partial charge is 0.416 e. The fourth-order valence-corrected chi connectivity index (χ4v) is 1.40. The van der Waals surface area contributed by atoms with Crippen molar-refractivity contribution in [3.63, 3.8) is 0 Å². The zero-order valence-electron chi connectivity index (χ0n) is 10.1. The highest BCUT2D eigenvalue weighted by Crippen LogP contribution is 2.31. The molecule has 102 valence electrons. The summed E-state index contributed by atoms with van der Waals surface area (Å²) in [7, 11) is 1.49. The molecule has 0 heterocycles. The summed E-state index contributed by atoms with van der Waals surface area (Å²) >= 11 is 0. The van der Waals surface area contributed by atoms with Gasteiger partial charge in [-0.15, -0.1) is 0 Å². The molecule has 1 aromatic carbocycles. The van der Waals surface area contributed by atoms with E-state index in [1.807, 2.05) is 0 Å². The molecule has 0 bridgehead atoms. The highest BCUT2D eigenvalue weighted by molar-refractivity contribution is 5.76. The van der Waals surface area contributed by atoms with Gasteiger partial charge in [0.2, 0.25) is 5.91 Å². The van der Waals surface area contributed by atoms with E-state index in [4.69, 9.17) is 5.26 Å². The van der Waals surface area contributed by atoms with Crippen molar-refractivity contribution >= 4 is 11.6 Å². The molecule has 2 N–H and O–H groups in total. The van der Waals surface area contributed by atoms with E-state index < -0.39 is 11.7 Å². The number of nitriles is 1. The minimum absolute atomic E-state index is 0.105. The molecule has 0 atom stereocenters.